The summed E-state index contributed by atoms with van der Waals surface area (Å²) in [6.45, 7) is 9.53. The molecule has 0 spiro atoms. The highest BCUT2D eigenvalue weighted by molar-refractivity contribution is 7.91. The van der Waals surface area contributed by atoms with E-state index in [1.54, 1.807) is 6.92 Å². The van der Waals surface area contributed by atoms with Crippen LogP contribution in [0.25, 0.3) is 0 Å². The van der Waals surface area contributed by atoms with Crippen molar-refractivity contribution in [2.45, 2.75) is 65.5 Å². The first kappa shape index (κ1) is 18.9. The van der Waals surface area contributed by atoms with Gasteiger partial charge in [-0.25, -0.2) is 8.42 Å². The van der Waals surface area contributed by atoms with Crippen LogP contribution < -0.4 is 5.32 Å². The molecule has 116 valence electrons. The maximum atomic E-state index is 11.5. The van der Waals surface area contributed by atoms with Gasteiger partial charge >= 0.3 is 0 Å². The van der Waals surface area contributed by atoms with Gasteiger partial charge in [0.2, 0.25) is 0 Å². The Hall–Kier alpha value is -0.130. The Balaban J connectivity index is 4.36. The normalized spacial score (nSPS) is 15.4. The molecule has 0 aromatic rings. The van der Waals surface area contributed by atoms with Gasteiger partial charge in [-0.1, -0.05) is 27.2 Å². The molecule has 0 saturated heterocycles. The molecule has 1 N–H and O–H groups in total. The van der Waals surface area contributed by atoms with Crippen molar-refractivity contribution >= 4 is 9.84 Å². The summed E-state index contributed by atoms with van der Waals surface area (Å²) in [5.74, 6) is 0.527. The smallest absolute Gasteiger partial charge is 0.150 e. The summed E-state index contributed by atoms with van der Waals surface area (Å²) in [6, 6.07) is 0.261. The summed E-state index contributed by atoms with van der Waals surface area (Å²) in [5.41, 5.74) is 0. The second-order valence-corrected chi connectivity index (χ2v) is 7.30. The first-order valence-corrected chi connectivity index (χ1v) is 9.38. The molecule has 0 aliphatic heterocycles. The van der Waals surface area contributed by atoms with Crippen LogP contribution in [0.5, 0.6) is 0 Å². The van der Waals surface area contributed by atoms with Crippen LogP contribution in [0, 0.1) is 0 Å². The van der Waals surface area contributed by atoms with Crippen LogP contribution in [-0.4, -0.2) is 45.2 Å². The lowest BCUT2D eigenvalue weighted by Crippen LogP contribution is -2.41. The Morgan fingerprint density at radius 3 is 2.26 bits per heavy atom. The van der Waals surface area contributed by atoms with Crippen LogP contribution in [0.2, 0.25) is 0 Å². The molecule has 0 saturated carbocycles. The van der Waals surface area contributed by atoms with Gasteiger partial charge in [-0.05, 0) is 32.7 Å². The lowest BCUT2D eigenvalue weighted by atomic mass is 10.0. The van der Waals surface area contributed by atoms with Crippen molar-refractivity contribution in [3.63, 3.8) is 0 Å². The SMILES string of the molecule is CCCC(OCC)C(CCCS(=O)(=O)CC)NCC. The lowest BCUT2D eigenvalue weighted by molar-refractivity contribution is 0.0262. The van der Waals surface area contributed by atoms with Crippen molar-refractivity contribution in [3.05, 3.63) is 0 Å². The van der Waals surface area contributed by atoms with E-state index in [0.717, 1.165) is 25.8 Å². The number of hydrogen-bond donors (Lipinski definition) is 1. The molecule has 5 heteroatoms. The Kier molecular flexibility index (Phi) is 10.6. The number of likely N-dealkylation sites (N-methyl/N-ethyl adjacent to an activating group) is 1. The lowest BCUT2D eigenvalue weighted by Gasteiger charge is -2.27. The number of sulfone groups is 1. The molecule has 0 fully saturated rings. The minimum absolute atomic E-state index is 0.194. The average Bonchev–Trinajstić information content (AvgIpc) is 2.37. The van der Waals surface area contributed by atoms with E-state index in [2.05, 4.69) is 19.2 Å². The van der Waals surface area contributed by atoms with Gasteiger partial charge in [0.05, 0.1) is 11.9 Å². The predicted octanol–water partition coefficient (Wildman–Crippen LogP) is 2.38. The van der Waals surface area contributed by atoms with Gasteiger partial charge in [0.15, 0.2) is 0 Å². The summed E-state index contributed by atoms with van der Waals surface area (Å²) < 4.78 is 28.8. The third-order valence-electron chi connectivity index (χ3n) is 3.28. The molecule has 0 heterocycles. The van der Waals surface area contributed by atoms with Crippen LogP contribution >= 0.6 is 0 Å². The van der Waals surface area contributed by atoms with Gasteiger partial charge in [-0.2, -0.15) is 0 Å². The van der Waals surface area contributed by atoms with E-state index in [1.165, 1.54) is 0 Å². The van der Waals surface area contributed by atoms with Gasteiger partial charge in [0.1, 0.15) is 9.84 Å². The summed E-state index contributed by atoms with van der Waals surface area (Å²) >= 11 is 0. The number of ether oxygens (including phenoxy) is 1. The van der Waals surface area contributed by atoms with E-state index in [1.807, 2.05) is 6.92 Å². The number of hydrogen-bond acceptors (Lipinski definition) is 4. The molecule has 0 bridgehead atoms. The topological polar surface area (TPSA) is 55.4 Å². The van der Waals surface area contributed by atoms with Crippen molar-refractivity contribution in [3.8, 4) is 0 Å². The molecule has 4 nitrogen and oxygen atoms in total. The Bertz CT molecular complexity index is 298. The molecule has 0 aliphatic carbocycles. The van der Waals surface area contributed by atoms with E-state index in [0.29, 0.717) is 13.0 Å². The van der Waals surface area contributed by atoms with E-state index < -0.39 is 9.84 Å². The van der Waals surface area contributed by atoms with Crippen molar-refractivity contribution in [2.24, 2.45) is 0 Å². The number of nitrogens with one attached hydrogen (secondary N) is 1. The van der Waals surface area contributed by atoms with E-state index in [-0.39, 0.29) is 23.7 Å². The minimum atomic E-state index is -2.85. The molecule has 0 aromatic carbocycles. The summed E-state index contributed by atoms with van der Waals surface area (Å²) in [4.78, 5) is 0. The predicted molar refractivity (Wildman–Crippen MR) is 81.3 cm³/mol. The number of rotatable bonds is 12. The van der Waals surface area contributed by atoms with Crippen molar-refractivity contribution in [2.75, 3.05) is 24.7 Å². The van der Waals surface area contributed by atoms with Crippen LogP contribution in [0.15, 0.2) is 0 Å². The minimum Gasteiger partial charge on any atom is -0.377 e. The molecule has 0 radical (unpaired) electrons. The van der Waals surface area contributed by atoms with E-state index in [4.69, 9.17) is 4.74 Å². The fraction of sp³-hybridized carbons (Fsp3) is 1.00. The zero-order valence-electron chi connectivity index (χ0n) is 12.9. The van der Waals surface area contributed by atoms with E-state index in [9.17, 15) is 8.42 Å². The molecule has 0 rings (SSSR count). The summed E-state index contributed by atoms with van der Waals surface area (Å²) in [6.07, 6.45) is 3.87. The van der Waals surface area contributed by atoms with Gasteiger partial charge in [0, 0.05) is 18.4 Å². The Morgan fingerprint density at radius 2 is 1.79 bits per heavy atom. The fourth-order valence-corrected chi connectivity index (χ4v) is 3.14. The zero-order chi connectivity index (χ0) is 14.7. The highest BCUT2D eigenvalue weighted by Gasteiger charge is 2.20. The molecule has 0 amide bonds. The second kappa shape index (κ2) is 10.6. The molecule has 2 unspecified atom stereocenters. The van der Waals surface area contributed by atoms with Crippen LogP contribution in [-0.2, 0) is 14.6 Å². The first-order valence-electron chi connectivity index (χ1n) is 7.56. The first-order chi connectivity index (χ1) is 9.00. The molecule has 0 aromatic heterocycles. The van der Waals surface area contributed by atoms with Crippen LogP contribution in [0.4, 0.5) is 0 Å². The second-order valence-electron chi connectivity index (χ2n) is 4.83. The van der Waals surface area contributed by atoms with E-state index >= 15 is 0 Å². The highest BCUT2D eigenvalue weighted by atomic mass is 32.2. The molecule has 19 heavy (non-hydrogen) atoms. The van der Waals surface area contributed by atoms with Gasteiger partial charge in [-0.15, -0.1) is 0 Å². The van der Waals surface area contributed by atoms with Gasteiger partial charge in [0.25, 0.3) is 0 Å². The van der Waals surface area contributed by atoms with Gasteiger partial charge < -0.3 is 10.1 Å². The fourth-order valence-electron chi connectivity index (χ4n) is 2.25. The zero-order valence-corrected chi connectivity index (χ0v) is 13.8. The monoisotopic (exact) mass is 293 g/mol. The quantitative estimate of drug-likeness (QED) is 0.600. The maximum absolute atomic E-state index is 11.5. The Labute approximate surface area is 119 Å². The maximum Gasteiger partial charge on any atom is 0.150 e. The summed E-state index contributed by atoms with van der Waals surface area (Å²) in [7, 11) is -2.85. The average molecular weight is 293 g/mol. The van der Waals surface area contributed by atoms with Crippen LogP contribution in [0.3, 0.4) is 0 Å². The summed E-state index contributed by atoms with van der Waals surface area (Å²) in [5, 5.41) is 3.44. The standard InChI is InChI=1S/C14H31NO3S/c1-5-10-14(18-7-3)13(15-6-2)11-9-12-19(16,17)8-4/h13-15H,5-12H2,1-4H3. The third kappa shape index (κ3) is 8.60. The molecular weight excluding hydrogens is 262 g/mol. The van der Waals surface area contributed by atoms with Gasteiger partial charge in [-0.3, -0.25) is 0 Å². The highest BCUT2D eigenvalue weighted by Crippen LogP contribution is 2.13. The largest absolute Gasteiger partial charge is 0.377 e. The Morgan fingerprint density at radius 1 is 1.11 bits per heavy atom. The molecule has 2 atom stereocenters. The van der Waals surface area contributed by atoms with Crippen molar-refractivity contribution in [1.82, 2.24) is 5.32 Å². The third-order valence-corrected chi connectivity index (χ3v) is 5.07. The van der Waals surface area contributed by atoms with Crippen LogP contribution in [0.1, 0.15) is 53.4 Å². The molecular formula is C14H31NO3S. The van der Waals surface area contributed by atoms with Crippen molar-refractivity contribution in [1.29, 1.82) is 0 Å². The van der Waals surface area contributed by atoms with Crippen molar-refractivity contribution < 1.29 is 13.2 Å². The molecule has 0 aliphatic rings.